The van der Waals surface area contributed by atoms with Crippen molar-refractivity contribution in [2.24, 2.45) is 5.41 Å². The van der Waals surface area contributed by atoms with Gasteiger partial charge >= 0.3 is 0 Å². The van der Waals surface area contributed by atoms with Crippen LogP contribution in [0.1, 0.15) is 36.0 Å². The molecule has 124 valence electrons. The van der Waals surface area contributed by atoms with Gasteiger partial charge in [0.05, 0.1) is 11.5 Å². The number of anilines is 1. The van der Waals surface area contributed by atoms with Crippen LogP contribution in [0.4, 0.5) is 11.4 Å². The molecule has 0 atom stereocenters. The fourth-order valence-corrected chi connectivity index (χ4v) is 2.97. The molecule has 0 radical (unpaired) electrons. The number of aliphatic hydroxyl groups excluding tert-OH is 1. The van der Waals surface area contributed by atoms with E-state index in [1.165, 1.54) is 6.07 Å². The molecule has 0 aromatic heterocycles. The summed E-state index contributed by atoms with van der Waals surface area (Å²) in [4.78, 5) is 25.1. The van der Waals surface area contributed by atoms with E-state index in [9.17, 15) is 20.0 Å². The van der Waals surface area contributed by atoms with Crippen molar-refractivity contribution in [3.63, 3.8) is 0 Å². The summed E-state index contributed by atoms with van der Waals surface area (Å²) in [5, 5.41) is 23.4. The van der Waals surface area contributed by atoms with Gasteiger partial charge in [0, 0.05) is 36.7 Å². The third kappa shape index (κ3) is 3.29. The van der Waals surface area contributed by atoms with Gasteiger partial charge in [-0.3, -0.25) is 14.9 Å². The van der Waals surface area contributed by atoms with Gasteiger partial charge in [-0.15, -0.1) is 0 Å². The minimum atomic E-state index is -0.430. The molecule has 1 aromatic rings. The van der Waals surface area contributed by atoms with Gasteiger partial charge in [-0.05, 0) is 37.8 Å². The van der Waals surface area contributed by atoms with Crippen LogP contribution in [0, 0.1) is 15.5 Å². The number of carbonyl (C=O) groups is 1. The smallest absolute Gasteiger partial charge is 0.293 e. The van der Waals surface area contributed by atoms with Crippen LogP contribution in [-0.2, 0) is 0 Å². The lowest BCUT2D eigenvalue weighted by Crippen LogP contribution is -2.32. The van der Waals surface area contributed by atoms with Gasteiger partial charge < -0.3 is 15.3 Å². The van der Waals surface area contributed by atoms with E-state index in [1.807, 2.05) is 4.90 Å². The van der Waals surface area contributed by atoms with Gasteiger partial charge in [-0.2, -0.15) is 0 Å². The zero-order valence-electron chi connectivity index (χ0n) is 13.0. The van der Waals surface area contributed by atoms with Crippen molar-refractivity contribution in [3.8, 4) is 0 Å². The molecule has 0 spiro atoms. The molecule has 23 heavy (non-hydrogen) atoms. The normalized spacial score (nSPS) is 18.7. The number of hydrogen-bond acceptors (Lipinski definition) is 5. The lowest BCUT2D eigenvalue weighted by molar-refractivity contribution is -0.384. The van der Waals surface area contributed by atoms with E-state index in [0.29, 0.717) is 12.2 Å². The van der Waals surface area contributed by atoms with Gasteiger partial charge in [0.15, 0.2) is 0 Å². The standard InChI is InChI=1S/C16H21N3O4/c20-11-16(5-6-16)10-17-15(21)12-3-4-13(14(9-12)19(22)23)18-7-1-2-8-18/h3-4,9,20H,1-2,5-8,10-11H2,(H,17,21). The van der Waals surface area contributed by atoms with Gasteiger partial charge in [0.1, 0.15) is 5.69 Å². The highest BCUT2D eigenvalue weighted by Crippen LogP contribution is 2.44. The summed E-state index contributed by atoms with van der Waals surface area (Å²) >= 11 is 0. The average molecular weight is 319 g/mol. The molecule has 1 saturated carbocycles. The largest absolute Gasteiger partial charge is 0.396 e. The van der Waals surface area contributed by atoms with Crippen LogP contribution in [0.25, 0.3) is 0 Å². The number of nitro groups is 1. The highest BCUT2D eigenvalue weighted by Gasteiger charge is 2.42. The molecule has 2 aliphatic rings. The first-order valence-electron chi connectivity index (χ1n) is 7.97. The molecule has 1 aliphatic carbocycles. The van der Waals surface area contributed by atoms with Crippen molar-refractivity contribution in [1.29, 1.82) is 0 Å². The summed E-state index contributed by atoms with van der Waals surface area (Å²) in [7, 11) is 0. The van der Waals surface area contributed by atoms with Crippen LogP contribution in [0.5, 0.6) is 0 Å². The van der Waals surface area contributed by atoms with Crippen molar-refractivity contribution in [2.75, 3.05) is 31.1 Å². The van der Waals surface area contributed by atoms with Crippen molar-refractivity contribution >= 4 is 17.3 Å². The number of benzene rings is 1. The second-order valence-electron chi connectivity index (χ2n) is 6.50. The first-order valence-corrected chi connectivity index (χ1v) is 7.97. The maximum atomic E-state index is 12.2. The fraction of sp³-hybridized carbons (Fsp3) is 0.562. The van der Waals surface area contributed by atoms with Crippen LogP contribution in [0.15, 0.2) is 18.2 Å². The molecule has 1 saturated heterocycles. The lowest BCUT2D eigenvalue weighted by atomic mass is 10.1. The third-order valence-corrected chi connectivity index (χ3v) is 4.80. The van der Waals surface area contributed by atoms with Crippen molar-refractivity contribution in [3.05, 3.63) is 33.9 Å². The van der Waals surface area contributed by atoms with E-state index in [-0.39, 0.29) is 29.2 Å². The van der Waals surface area contributed by atoms with Crippen LogP contribution < -0.4 is 10.2 Å². The van der Waals surface area contributed by atoms with E-state index in [1.54, 1.807) is 12.1 Å². The number of nitro benzene ring substituents is 1. The van der Waals surface area contributed by atoms with E-state index in [4.69, 9.17) is 0 Å². The summed E-state index contributed by atoms with van der Waals surface area (Å²) in [5.74, 6) is -0.333. The summed E-state index contributed by atoms with van der Waals surface area (Å²) in [6.45, 7) is 2.09. The Balaban J connectivity index is 1.75. The molecular weight excluding hydrogens is 298 g/mol. The first-order chi connectivity index (χ1) is 11.0. The fourth-order valence-electron chi connectivity index (χ4n) is 2.97. The summed E-state index contributed by atoms with van der Waals surface area (Å²) in [6, 6.07) is 4.65. The van der Waals surface area contributed by atoms with Gasteiger partial charge in [0.25, 0.3) is 11.6 Å². The molecule has 1 aliphatic heterocycles. The molecule has 2 N–H and O–H groups in total. The number of aliphatic hydroxyl groups is 1. The lowest BCUT2D eigenvalue weighted by Gasteiger charge is -2.18. The zero-order chi connectivity index (χ0) is 16.4. The Kier molecular flexibility index (Phi) is 4.21. The van der Waals surface area contributed by atoms with Gasteiger partial charge in [-0.1, -0.05) is 0 Å². The highest BCUT2D eigenvalue weighted by atomic mass is 16.6. The van der Waals surface area contributed by atoms with Crippen molar-refractivity contribution in [2.45, 2.75) is 25.7 Å². The van der Waals surface area contributed by atoms with E-state index in [0.717, 1.165) is 38.8 Å². The molecule has 7 nitrogen and oxygen atoms in total. The molecule has 1 aromatic carbocycles. The van der Waals surface area contributed by atoms with Crippen LogP contribution in [-0.4, -0.2) is 42.2 Å². The van der Waals surface area contributed by atoms with Crippen molar-refractivity contribution < 1.29 is 14.8 Å². The van der Waals surface area contributed by atoms with Crippen molar-refractivity contribution in [1.82, 2.24) is 5.32 Å². The minimum Gasteiger partial charge on any atom is -0.396 e. The Hall–Kier alpha value is -2.15. The molecule has 0 bridgehead atoms. The Morgan fingerprint density at radius 2 is 2.04 bits per heavy atom. The van der Waals surface area contributed by atoms with E-state index in [2.05, 4.69) is 5.32 Å². The highest BCUT2D eigenvalue weighted by molar-refractivity contribution is 5.95. The molecule has 1 heterocycles. The van der Waals surface area contributed by atoms with Gasteiger partial charge in [0.2, 0.25) is 0 Å². The molecule has 2 fully saturated rings. The topological polar surface area (TPSA) is 95.7 Å². The SMILES string of the molecule is O=C(NCC1(CO)CC1)c1ccc(N2CCCC2)c([N+](=O)[O-])c1. The Bertz CT molecular complexity index is 622. The van der Waals surface area contributed by atoms with E-state index >= 15 is 0 Å². The molecule has 0 unspecified atom stereocenters. The zero-order valence-corrected chi connectivity index (χ0v) is 13.0. The number of hydrogen-bond donors (Lipinski definition) is 2. The summed E-state index contributed by atoms with van der Waals surface area (Å²) < 4.78 is 0. The van der Waals surface area contributed by atoms with Crippen LogP contribution >= 0.6 is 0 Å². The monoisotopic (exact) mass is 319 g/mol. The van der Waals surface area contributed by atoms with Crippen LogP contribution in [0.2, 0.25) is 0 Å². The molecular formula is C16H21N3O4. The minimum absolute atomic E-state index is 0.0251. The number of amides is 1. The molecule has 1 amide bonds. The number of carbonyl (C=O) groups excluding carboxylic acids is 1. The first kappa shape index (κ1) is 15.7. The maximum absolute atomic E-state index is 12.2. The average Bonchev–Trinajstić information content (AvgIpc) is 3.14. The third-order valence-electron chi connectivity index (χ3n) is 4.80. The quantitative estimate of drug-likeness (QED) is 0.614. The Labute approximate surface area is 134 Å². The Morgan fingerprint density at radius 1 is 1.35 bits per heavy atom. The predicted octanol–water partition coefficient (Wildman–Crippen LogP) is 1.70. The number of rotatable bonds is 6. The molecule has 7 heteroatoms. The van der Waals surface area contributed by atoms with E-state index < -0.39 is 4.92 Å². The van der Waals surface area contributed by atoms with Crippen LogP contribution in [0.3, 0.4) is 0 Å². The van der Waals surface area contributed by atoms with Gasteiger partial charge in [-0.25, -0.2) is 0 Å². The Morgan fingerprint density at radius 3 is 2.61 bits per heavy atom. The number of nitrogens with zero attached hydrogens (tertiary/aromatic N) is 2. The summed E-state index contributed by atoms with van der Waals surface area (Å²) in [5.41, 5.74) is 0.658. The molecule has 3 rings (SSSR count). The second kappa shape index (κ2) is 6.16. The maximum Gasteiger partial charge on any atom is 0.293 e. The predicted molar refractivity (Wildman–Crippen MR) is 85.6 cm³/mol. The summed E-state index contributed by atoms with van der Waals surface area (Å²) in [6.07, 6.45) is 3.86. The number of nitrogens with one attached hydrogen (secondary N) is 1. The second-order valence-corrected chi connectivity index (χ2v) is 6.50.